The van der Waals surface area contributed by atoms with Crippen LogP contribution >= 0.6 is 0 Å². The summed E-state index contributed by atoms with van der Waals surface area (Å²) < 4.78 is 5.58. The van der Waals surface area contributed by atoms with E-state index in [2.05, 4.69) is 20.8 Å². The van der Waals surface area contributed by atoms with Gasteiger partial charge in [-0.1, -0.05) is 64.7 Å². The Balaban J connectivity index is 1.72. The minimum absolute atomic E-state index is 0.208. The van der Waals surface area contributed by atoms with E-state index in [1.165, 1.54) is 64.2 Å². The molecule has 1 saturated heterocycles. The zero-order valence-corrected chi connectivity index (χ0v) is 11.6. The molecule has 0 spiro atoms. The molecule has 1 unspecified atom stereocenters. The van der Waals surface area contributed by atoms with Crippen molar-refractivity contribution in [3.05, 3.63) is 0 Å². The second-order valence-corrected chi connectivity index (χ2v) is 5.83. The monoisotopic (exact) mass is 226 g/mol. The van der Waals surface area contributed by atoms with E-state index in [1.807, 2.05) is 0 Å². The summed E-state index contributed by atoms with van der Waals surface area (Å²) in [5, 5.41) is 0. The van der Waals surface area contributed by atoms with Gasteiger partial charge >= 0.3 is 0 Å². The summed E-state index contributed by atoms with van der Waals surface area (Å²) >= 11 is 0. The first-order valence-corrected chi connectivity index (χ1v) is 7.34. The van der Waals surface area contributed by atoms with Crippen molar-refractivity contribution in [1.29, 1.82) is 0 Å². The van der Waals surface area contributed by atoms with Gasteiger partial charge in [-0.3, -0.25) is 0 Å². The molecule has 0 saturated carbocycles. The van der Waals surface area contributed by atoms with Gasteiger partial charge in [0.1, 0.15) is 0 Å². The fourth-order valence-corrected chi connectivity index (χ4v) is 2.38. The van der Waals surface area contributed by atoms with Crippen LogP contribution in [0.3, 0.4) is 0 Å². The lowest BCUT2D eigenvalue weighted by Crippen LogP contribution is -2.02. The second kappa shape index (κ2) is 7.32. The SMILES string of the molecule is CCCCCCCCCCCC1OC1(C)C. The third-order valence-corrected chi connectivity index (χ3v) is 3.73. The minimum Gasteiger partial charge on any atom is -0.367 e. The van der Waals surface area contributed by atoms with E-state index in [0.29, 0.717) is 6.10 Å². The molecule has 0 aromatic heterocycles. The number of hydrogen-bond donors (Lipinski definition) is 0. The van der Waals surface area contributed by atoms with Crippen molar-refractivity contribution in [3.8, 4) is 0 Å². The fourth-order valence-electron chi connectivity index (χ4n) is 2.38. The van der Waals surface area contributed by atoms with E-state index in [1.54, 1.807) is 0 Å². The molecule has 0 aromatic rings. The van der Waals surface area contributed by atoms with E-state index in [0.717, 1.165) is 0 Å². The predicted octanol–water partition coefficient (Wildman–Crippen LogP) is 5.08. The molecule has 1 aliphatic heterocycles. The van der Waals surface area contributed by atoms with Crippen LogP contribution < -0.4 is 0 Å². The smallest absolute Gasteiger partial charge is 0.0892 e. The largest absolute Gasteiger partial charge is 0.367 e. The maximum atomic E-state index is 5.58. The summed E-state index contributed by atoms with van der Waals surface area (Å²) in [6.07, 6.45) is 14.6. The van der Waals surface area contributed by atoms with Gasteiger partial charge in [-0.2, -0.15) is 0 Å². The second-order valence-electron chi connectivity index (χ2n) is 5.83. The van der Waals surface area contributed by atoms with Crippen LogP contribution in [0.5, 0.6) is 0 Å². The summed E-state index contributed by atoms with van der Waals surface area (Å²) in [6.45, 7) is 6.68. The molecule has 1 heteroatoms. The fraction of sp³-hybridized carbons (Fsp3) is 1.00. The molecule has 1 rings (SSSR count). The van der Waals surface area contributed by atoms with Gasteiger partial charge in [0.15, 0.2) is 0 Å². The lowest BCUT2D eigenvalue weighted by Gasteiger charge is -2.01. The highest BCUT2D eigenvalue weighted by atomic mass is 16.6. The van der Waals surface area contributed by atoms with Crippen molar-refractivity contribution in [2.24, 2.45) is 0 Å². The summed E-state index contributed by atoms with van der Waals surface area (Å²) in [6, 6.07) is 0. The summed E-state index contributed by atoms with van der Waals surface area (Å²) in [7, 11) is 0. The van der Waals surface area contributed by atoms with Gasteiger partial charge in [0.25, 0.3) is 0 Å². The third-order valence-electron chi connectivity index (χ3n) is 3.73. The first-order chi connectivity index (χ1) is 7.67. The number of rotatable bonds is 10. The van der Waals surface area contributed by atoms with E-state index >= 15 is 0 Å². The van der Waals surface area contributed by atoms with Crippen LogP contribution in [-0.2, 0) is 4.74 Å². The highest BCUT2D eigenvalue weighted by molar-refractivity contribution is 4.94. The number of unbranched alkanes of at least 4 members (excludes halogenated alkanes) is 8. The van der Waals surface area contributed by atoms with Gasteiger partial charge in [-0.15, -0.1) is 0 Å². The molecule has 1 aliphatic rings. The van der Waals surface area contributed by atoms with Gasteiger partial charge in [0, 0.05) is 0 Å². The van der Waals surface area contributed by atoms with Gasteiger partial charge < -0.3 is 4.74 Å². The van der Waals surface area contributed by atoms with Gasteiger partial charge in [-0.05, 0) is 20.3 Å². The highest BCUT2D eigenvalue weighted by Gasteiger charge is 2.46. The Bertz CT molecular complexity index is 174. The molecule has 1 heterocycles. The van der Waals surface area contributed by atoms with Crippen LogP contribution in [-0.4, -0.2) is 11.7 Å². The normalized spacial score (nSPS) is 22.3. The Hall–Kier alpha value is -0.0400. The molecule has 0 amide bonds. The Morgan fingerprint density at radius 2 is 1.25 bits per heavy atom. The Morgan fingerprint density at radius 3 is 1.69 bits per heavy atom. The molecule has 0 aromatic carbocycles. The summed E-state index contributed by atoms with van der Waals surface area (Å²) in [5.41, 5.74) is 0.208. The maximum absolute atomic E-state index is 5.58. The van der Waals surface area contributed by atoms with Crippen molar-refractivity contribution in [2.45, 2.75) is 96.7 Å². The average molecular weight is 226 g/mol. The zero-order valence-electron chi connectivity index (χ0n) is 11.6. The van der Waals surface area contributed by atoms with Crippen LogP contribution in [0.25, 0.3) is 0 Å². The molecule has 96 valence electrons. The van der Waals surface area contributed by atoms with Crippen molar-refractivity contribution in [2.75, 3.05) is 0 Å². The zero-order chi connectivity index (χ0) is 11.9. The van der Waals surface area contributed by atoms with Gasteiger partial charge in [0.05, 0.1) is 11.7 Å². The molecule has 1 atom stereocenters. The Kier molecular flexibility index (Phi) is 6.41. The Morgan fingerprint density at radius 1 is 0.812 bits per heavy atom. The number of epoxide rings is 1. The number of ether oxygens (including phenoxy) is 1. The highest BCUT2D eigenvalue weighted by Crippen LogP contribution is 2.38. The molecule has 0 radical (unpaired) electrons. The molecule has 1 nitrogen and oxygen atoms in total. The lowest BCUT2D eigenvalue weighted by atomic mass is 10.0. The van der Waals surface area contributed by atoms with Crippen molar-refractivity contribution in [1.82, 2.24) is 0 Å². The predicted molar refractivity (Wildman–Crippen MR) is 70.8 cm³/mol. The third kappa shape index (κ3) is 5.89. The lowest BCUT2D eigenvalue weighted by molar-refractivity contribution is 0.317. The molecular formula is C15H30O. The minimum atomic E-state index is 0.208. The van der Waals surface area contributed by atoms with Crippen molar-refractivity contribution >= 4 is 0 Å². The van der Waals surface area contributed by atoms with E-state index in [9.17, 15) is 0 Å². The molecule has 0 bridgehead atoms. The van der Waals surface area contributed by atoms with Crippen LogP contribution in [0, 0.1) is 0 Å². The van der Waals surface area contributed by atoms with E-state index in [-0.39, 0.29) is 5.60 Å². The average Bonchev–Trinajstić information content (AvgIpc) is 2.84. The van der Waals surface area contributed by atoms with Crippen LogP contribution in [0.1, 0.15) is 85.0 Å². The summed E-state index contributed by atoms with van der Waals surface area (Å²) in [5.74, 6) is 0. The Labute approximate surface area is 102 Å². The quantitative estimate of drug-likeness (QED) is 0.373. The topological polar surface area (TPSA) is 12.5 Å². The van der Waals surface area contributed by atoms with Crippen LogP contribution in [0.2, 0.25) is 0 Å². The maximum Gasteiger partial charge on any atom is 0.0892 e. The standard InChI is InChI=1S/C15H30O/c1-4-5-6-7-8-9-10-11-12-13-14-15(2,3)16-14/h14H,4-13H2,1-3H3. The molecule has 0 aliphatic carbocycles. The molecule has 0 N–H and O–H groups in total. The van der Waals surface area contributed by atoms with Crippen LogP contribution in [0.4, 0.5) is 0 Å². The van der Waals surface area contributed by atoms with Crippen molar-refractivity contribution in [3.63, 3.8) is 0 Å². The van der Waals surface area contributed by atoms with E-state index in [4.69, 9.17) is 4.74 Å². The summed E-state index contributed by atoms with van der Waals surface area (Å²) in [4.78, 5) is 0. The first kappa shape index (κ1) is 14.0. The van der Waals surface area contributed by atoms with Crippen molar-refractivity contribution < 1.29 is 4.74 Å². The number of hydrogen-bond acceptors (Lipinski definition) is 1. The van der Waals surface area contributed by atoms with Gasteiger partial charge in [0.2, 0.25) is 0 Å². The first-order valence-electron chi connectivity index (χ1n) is 7.34. The molecule has 1 fully saturated rings. The van der Waals surface area contributed by atoms with Gasteiger partial charge in [-0.25, -0.2) is 0 Å². The van der Waals surface area contributed by atoms with Crippen LogP contribution in [0.15, 0.2) is 0 Å². The van der Waals surface area contributed by atoms with E-state index < -0.39 is 0 Å². The molecule has 16 heavy (non-hydrogen) atoms. The molecular weight excluding hydrogens is 196 g/mol.